The zero-order chi connectivity index (χ0) is 15.7. The monoisotopic (exact) mass is 318 g/mol. The summed E-state index contributed by atoms with van der Waals surface area (Å²) in [6.07, 6.45) is 0. The summed E-state index contributed by atoms with van der Waals surface area (Å²) in [5.41, 5.74) is -6.88. The second kappa shape index (κ2) is 5.15. The van der Waals surface area contributed by atoms with Gasteiger partial charge in [0.25, 0.3) is 0 Å². The first kappa shape index (κ1) is 16.0. The quantitative estimate of drug-likeness (QED) is 0.517. The highest BCUT2D eigenvalue weighted by Gasteiger charge is 2.49. The molecule has 1 N–H and O–H groups in total. The number of benzene rings is 1. The van der Waals surface area contributed by atoms with Crippen molar-refractivity contribution in [1.82, 2.24) is 0 Å². The molecule has 112 valence electrons. The molecule has 11 heteroatoms. The molecule has 0 aromatic heterocycles. The highest BCUT2D eigenvalue weighted by molar-refractivity contribution is 7.88. The van der Waals surface area contributed by atoms with Gasteiger partial charge in [-0.3, -0.25) is 0 Å². The number of hydrogen-bond donors (Lipinski definition) is 1. The number of halogens is 4. The molecule has 0 atom stereocenters. The van der Waals surface area contributed by atoms with Crippen LogP contribution in [0.4, 0.5) is 17.6 Å². The van der Waals surface area contributed by atoms with Gasteiger partial charge in [0.15, 0.2) is 11.5 Å². The van der Waals surface area contributed by atoms with E-state index in [1.165, 1.54) is 0 Å². The van der Waals surface area contributed by atoms with Gasteiger partial charge in [0.1, 0.15) is 11.4 Å². The number of alkyl halides is 3. The lowest BCUT2D eigenvalue weighted by molar-refractivity contribution is -0.0500. The van der Waals surface area contributed by atoms with E-state index in [0.717, 1.165) is 7.11 Å². The molecular weight excluding hydrogens is 312 g/mol. The van der Waals surface area contributed by atoms with Gasteiger partial charge in [-0.2, -0.15) is 21.6 Å². The number of carboxylic acid groups (broad SMARTS) is 1. The van der Waals surface area contributed by atoms with Gasteiger partial charge in [0, 0.05) is 0 Å². The summed E-state index contributed by atoms with van der Waals surface area (Å²) in [6.45, 7) is 0. The summed E-state index contributed by atoms with van der Waals surface area (Å²) >= 11 is 0. The molecule has 0 saturated heterocycles. The average Bonchev–Trinajstić information content (AvgIpc) is 2.28. The fraction of sp³-hybridized carbons (Fsp3) is 0.222. The molecule has 1 aromatic rings. The number of rotatable bonds is 4. The second-order valence-corrected chi connectivity index (χ2v) is 4.78. The van der Waals surface area contributed by atoms with Crippen LogP contribution in [0.3, 0.4) is 0 Å². The van der Waals surface area contributed by atoms with Crippen molar-refractivity contribution < 1.29 is 44.8 Å². The molecule has 20 heavy (non-hydrogen) atoms. The molecule has 0 spiro atoms. The van der Waals surface area contributed by atoms with Crippen LogP contribution in [0, 0.1) is 5.82 Å². The van der Waals surface area contributed by atoms with Gasteiger partial charge in [-0.25, -0.2) is 9.18 Å². The van der Waals surface area contributed by atoms with Crippen molar-refractivity contribution in [3.05, 3.63) is 23.5 Å². The number of methoxy groups -OCH3 is 1. The SMILES string of the molecule is COc1c(OS(=O)(=O)C(F)(F)F)ccc(F)c1C(=O)O. The van der Waals surface area contributed by atoms with E-state index < -0.39 is 44.5 Å². The van der Waals surface area contributed by atoms with Gasteiger partial charge in [0.05, 0.1) is 7.11 Å². The van der Waals surface area contributed by atoms with Gasteiger partial charge < -0.3 is 14.0 Å². The van der Waals surface area contributed by atoms with Crippen LogP contribution in [0.1, 0.15) is 10.4 Å². The Morgan fingerprint density at radius 3 is 2.25 bits per heavy atom. The maximum Gasteiger partial charge on any atom is 0.534 e. The number of aromatic carboxylic acids is 1. The van der Waals surface area contributed by atoms with Gasteiger partial charge in [-0.05, 0) is 12.1 Å². The summed E-state index contributed by atoms with van der Waals surface area (Å²) in [5, 5.41) is 8.71. The van der Waals surface area contributed by atoms with Crippen molar-refractivity contribution in [3.8, 4) is 11.5 Å². The van der Waals surface area contributed by atoms with E-state index in [0.29, 0.717) is 12.1 Å². The summed E-state index contributed by atoms with van der Waals surface area (Å²) in [4.78, 5) is 10.8. The van der Waals surface area contributed by atoms with Gasteiger partial charge in [-0.1, -0.05) is 0 Å². The Morgan fingerprint density at radius 2 is 1.85 bits per heavy atom. The molecule has 0 heterocycles. The van der Waals surface area contributed by atoms with Crippen LogP contribution in [0.15, 0.2) is 12.1 Å². The van der Waals surface area contributed by atoms with Gasteiger partial charge in [0.2, 0.25) is 0 Å². The minimum absolute atomic E-state index is 0.438. The molecule has 0 radical (unpaired) electrons. The lowest BCUT2D eigenvalue weighted by atomic mass is 10.2. The number of carboxylic acids is 1. The van der Waals surface area contributed by atoms with Gasteiger partial charge >= 0.3 is 21.6 Å². The maximum absolute atomic E-state index is 13.2. The Morgan fingerprint density at radius 1 is 1.30 bits per heavy atom. The lowest BCUT2D eigenvalue weighted by Gasteiger charge is -2.14. The van der Waals surface area contributed by atoms with Crippen LogP contribution in [0.5, 0.6) is 11.5 Å². The molecule has 0 saturated carbocycles. The van der Waals surface area contributed by atoms with Crippen LogP contribution in [-0.4, -0.2) is 32.1 Å². The lowest BCUT2D eigenvalue weighted by Crippen LogP contribution is -2.28. The third kappa shape index (κ3) is 2.92. The summed E-state index contributed by atoms with van der Waals surface area (Å²) in [6, 6.07) is 0.942. The Hall–Kier alpha value is -2.04. The molecular formula is C9H6F4O6S. The van der Waals surface area contributed by atoms with E-state index in [1.807, 2.05) is 0 Å². The first-order valence-corrected chi connectivity index (χ1v) is 6.02. The Kier molecular flexibility index (Phi) is 4.12. The van der Waals surface area contributed by atoms with E-state index in [4.69, 9.17) is 5.11 Å². The van der Waals surface area contributed by atoms with Crippen molar-refractivity contribution in [2.45, 2.75) is 5.51 Å². The molecule has 0 unspecified atom stereocenters. The van der Waals surface area contributed by atoms with E-state index >= 15 is 0 Å². The van der Waals surface area contributed by atoms with Crippen molar-refractivity contribution in [1.29, 1.82) is 0 Å². The van der Waals surface area contributed by atoms with Crippen LogP contribution >= 0.6 is 0 Å². The zero-order valence-electron chi connectivity index (χ0n) is 9.56. The predicted molar refractivity (Wildman–Crippen MR) is 55.5 cm³/mol. The van der Waals surface area contributed by atoms with Crippen molar-refractivity contribution in [2.24, 2.45) is 0 Å². The number of ether oxygens (including phenoxy) is 1. The minimum Gasteiger partial charge on any atom is -0.492 e. The first-order valence-electron chi connectivity index (χ1n) is 4.61. The molecule has 0 bridgehead atoms. The second-order valence-electron chi connectivity index (χ2n) is 3.24. The van der Waals surface area contributed by atoms with E-state index in [2.05, 4.69) is 8.92 Å². The fourth-order valence-electron chi connectivity index (χ4n) is 1.17. The molecule has 0 aliphatic rings. The molecule has 0 aliphatic heterocycles. The molecule has 0 fully saturated rings. The largest absolute Gasteiger partial charge is 0.534 e. The van der Waals surface area contributed by atoms with Crippen molar-refractivity contribution in [2.75, 3.05) is 7.11 Å². The van der Waals surface area contributed by atoms with Crippen molar-refractivity contribution >= 4 is 16.1 Å². The molecule has 0 amide bonds. The standard InChI is InChI=1S/C9H6F4O6S/c1-18-7-5(19-20(16,17)9(11,12)13)3-2-4(10)6(7)8(14)15/h2-3H,1H3,(H,14,15). The fourth-order valence-corrected chi connectivity index (χ4v) is 1.63. The highest BCUT2D eigenvalue weighted by atomic mass is 32.2. The molecule has 0 aliphatic carbocycles. The van der Waals surface area contributed by atoms with E-state index in [-0.39, 0.29) is 0 Å². The van der Waals surface area contributed by atoms with Crippen LogP contribution in [0.2, 0.25) is 0 Å². The molecule has 1 aromatic carbocycles. The number of carbonyl (C=O) groups is 1. The predicted octanol–water partition coefficient (Wildman–Crippen LogP) is 1.76. The Bertz CT molecular complexity index is 637. The van der Waals surface area contributed by atoms with E-state index in [9.17, 15) is 30.8 Å². The van der Waals surface area contributed by atoms with Crippen LogP contribution in [0.25, 0.3) is 0 Å². The third-order valence-electron chi connectivity index (χ3n) is 1.97. The summed E-state index contributed by atoms with van der Waals surface area (Å²) in [5.74, 6) is -5.27. The normalized spacial score (nSPS) is 12.1. The molecule has 6 nitrogen and oxygen atoms in total. The van der Waals surface area contributed by atoms with E-state index in [1.54, 1.807) is 0 Å². The summed E-state index contributed by atoms with van der Waals surface area (Å²) < 4.78 is 79.4. The smallest absolute Gasteiger partial charge is 0.492 e. The minimum atomic E-state index is -6.03. The Balaban J connectivity index is 3.42. The van der Waals surface area contributed by atoms with Crippen LogP contribution in [-0.2, 0) is 10.1 Å². The maximum atomic E-state index is 13.2. The first-order chi connectivity index (χ1) is 9.01. The average molecular weight is 318 g/mol. The zero-order valence-corrected chi connectivity index (χ0v) is 10.4. The molecule has 1 rings (SSSR count). The van der Waals surface area contributed by atoms with Gasteiger partial charge in [-0.15, -0.1) is 0 Å². The topological polar surface area (TPSA) is 89.9 Å². The van der Waals surface area contributed by atoms with Crippen LogP contribution < -0.4 is 8.92 Å². The number of hydrogen-bond acceptors (Lipinski definition) is 5. The highest BCUT2D eigenvalue weighted by Crippen LogP contribution is 2.36. The Labute approximate surface area is 109 Å². The summed E-state index contributed by atoms with van der Waals surface area (Å²) in [7, 11) is -5.22. The van der Waals surface area contributed by atoms with Crippen molar-refractivity contribution in [3.63, 3.8) is 0 Å². The third-order valence-corrected chi connectivity index (χ3v) is 2.94.